The molecule has 3 aliphatic rings. The fourth-order valence-electron chi connectivity index (χ4n) is 5.72. The third-order valence-corrected chi connectivity index (χ3v) is 7.05. The van der Waals surface area contributed by atoms with Crippen LogP contribution in [0.5, 0.6) is 0 Å². The quantitative estimate of drug-likeness (QED) is 0.819. The topological polar surface area (TPSA) is 64.1 Å². The zero-order valence-corrected chi connectivity index (χ0v) is 17.6. The number of likely N-dealkylation sites (tertiary alicyclic amines) is 2. The number of hydrogen-bond acceptors (Lipinski definition) is 4. The van der Waals surface area contributed by atoms with E-state index in [-0.39, 0.29) is 41.8 Å². The van der Waals surface area contributed by atoms with Gasteiger partial charge in [0.15, 0.2) is 0 Å². The normalized spacial score (nSPS) is 26.3. The Labute approximate surface area is 173 Å². The van der Waals surface area contributed by atoms with Crippen LogP contribution >= 0.6 is 0 Å². The summed E-state index contributed by atoms with van der Waals surface area (Å²) < 4.78 is 0. The lowest BCUT2D eigenvalue weighted by Gasteiger charge is -2.71. The predicted octanol–water partition coefficient (Wildman–Crippen LogP) is 1.70. The van der Waals surface area contributed by atoms with Crippen molar-refractivity contribution in [3.8, 4) is 0 Å². The van der Waals surface area contributed by atoms with Crippen LogP contribution in [0, 0.1) is 5.92 Å². The number of aliphatic hydroxyl groups excluding tert-OH is 1. The van der Waals surface area contributed by atoms with Gasteiger partial charge < -0.3 is 19.8 Å². The Morgan fingerprint density at radius 2 is 1.76 bits per heavy atom. The van der Waals surface area contributed by atoms with Crippen molar-refractivity contribution in [2.45, 2.75) is 49.6 Å². The molecule has 2 atom stereocenters. The molecule has 0 bridgehead atoms. The van der Waals surface area contributed by atoms with Crippen LogP contribution in [0.1, 0.15) is 43.6 Å². The van der Waals surface area contributed by atoms with E-state index in [0.717, 1.165) is 31.2 Å². The number of likely N-dealkylation sites (N-methyl/N-ethyl adjacent to an activating group) is 1. The van der Waals surface area contributed by atoms with Gasteiger partial charge in [-0.3, -0.25) is 9.59 Å². The first kappa shape index (κ1) is 20.4. The lowest BCUT2D eigenvalue weighted by molar-refractivity contribution is -0.206. The summed E-state index contributed by atoms with van der Waals surface area (Å²) in [4.78, 5) is 31.8. The van der Waals surface area contributed by atoms with Gasteiger partial charge in [0.1, 0.15) is 0 Å². The number of rotatable bonds is 5. The standard InChI is InChI=1S/C23H33N3O3/c1-24(2)13-20(28)25-15-23(16-25)21(17-9-5-3-6-10-17)19(14-27)26(23)22(29)18-11-7-4-8-12-18/h3,5-6,9-10,18-19,21,27H,4,7-8,11-16H2,1-2H3/t19-,21-/m1/s1. The highest BCUT2D eigenvalue weighted by atomic mass is 16.3. The van der Waals surface area contributed by atoms with E-state index in [1.165, 1.54) is 6.42 Å². The largest absolute Gasteiger partial charge is 0.394 e. The molecule has 2 heterocycles. The first-order valence-corrected chi connectivity index (χ1v) is 10.9. The molecular weight excluding hydrogens is 366 g/mol. The molecule has 1 saturated carbocycles. The number of benzene rings is 1. The van der Waals surface area contributed by atoms with Crippen LogP contribution in [0.15, 0.2) is 30.3 Å². The molecule has 29 heavy (non-hydrogen) atoms. The fraction of sp³-hybridized carbons (Fsp3) is 0.652. The van der Waals surface area contributed by atoms with Crippen LogP contribution in [0.2, 0.25) is 0 Å². The molecule has 2 saturated heterocycles. The van der Waals surface area contributed by atoms with Crippen LogP contribution in [-0.4, -0.2) is 83.5 Å². The van der Waals surface area contributed by atoms with E-state index in [0.29, 0.717) is 19.6 Å². The molecule has 1 aromatic rings. The van der Waals surface area contributed by atoms with Gasteiger partial charge in [0.25, 0.3) is 0 Å². The molecular formula is C23H33N3O3. The highest BCUT2D eigenvalue weighted by Gasteiger charge is 2.68. The second-order valence-electron chi connectivity index (χ2n) is 9.27. The smallest absolute Gasteiger partial charge is 0.236 e. The second-order valence-corrected chi connectivity index (χ2v) is 9.27. The minimum atomic E-state index is -0.370. The lowest BCUT2D eigenvalue weighted by atomic mass is 9.60. The first-order valence-electron chi connectivity index (χ1n) is 10.9. The van der Waals surface area contributed by atoms with Gasteiger partial charge in [0.2, 0.25) is 11.8 Å². The Morgan fingerprint density at radius 3 is 2.34 bits per heavy atom. The van der Waals surface area contributed by atoms with Crippen LogP contribution in [-0.2, 0) is 9.59 Å². The van der Waals surface area contributed by atoms with Gasteiger partial charge in [-0.2, -0.15) is 0 Å². The molecule has 4 rings (SSSR count). The Hall–Kier alpha value is -1.92. The summed E-state index contributed by atoms with van der Waals surface area (Å²) in [6.07, 6.45) is 5.32. The lowest BCUT2D eigenvalue weighted by Crippen LogP contribution is -2.86. The number of aliphatic hydroxyl groups is 1. The number of carbonyl (C=O) groups excluding carboxylic acids is 2. The fourth-order valence-corrected chi connectivity index (χ4v) is 5.72. The zero-order valence-electron chi connectivity index (χ0n) is 17.6. The average molecular weight is 400 g/mol. The Bertz CT molecular complexity index is 739. The van der Waals surface area contributed by atoms with E-state index in [1.54, 1.807) is 0 Å². The number of nitrogens with zero attached hydrogens (tertiary/aromatic N) is 3. The molecule has 0 unspecified atom stereocenters. The average Bonchev–Trinajstić information content (AvgIpc) is 2.67. The van der Waals surface area contributed by atoms with Gasteiger partial charge in [-0.15, -0.1) is 0 Å². The summed E-state index contributed by atoms with van der Waals surface area (Å²) in [7, 11) is 3.79. The van der Waals surface area contributed by atoms with E-state index < -0.39 is 0 Å². The van der Waals surface area contributed by atoms with Crippen molar-refractivity contribution in [1.82, 2.24) is 14.7 Å². The van der Waals surface area contributed by atoms with Crippen molar-refractivity contribution in [1.29, 1.82) is 0 Å². The van der Waals surface area contributed by atoms with Crippen molar-refractivity contribution >= 4 is 11.8 Å². The molecule has 6 nitrogen and oxygen atoms in total. The molecule has 0 radical (unpaired) electrons. The maximum Gasteiger partial charge on any atom is 0.236 e. The monoisotopic (exact) mass is 399 g/mol. The van der Waals surface area contributed by atoms with Gasteiger partial charge in [-0.05, 0) is 32.5 Å². The minimum absolute atomic E-state index is 0.0363. The van der Waals surface area contributed by atoms with Crippen LogP contribution < -0.4 is 0 Å². The molecule has 1 aromatic carbocycles. The summed E-state index contributed by atoms with van der Waals surface area (Å²) in [5.74, 6) is 0.433. The number of amides is 2. The summed E-state index contributed by atoms with van der Waals surface area (Å²) in [6, 6.07) is 9.98. The molecule has 6 heteroatoms. The van der Waals surface area contributed by atoms with E-state index in [2.05, 4.69) is 12.1 Å². The molecule has 2 aliphatic heterocycles. The Morgan fingerprint density at radius 1 is 1.10 bits per heavy atom. The molecule has 1 aliphatic carbocycles. The third-order valence-electron chi connectivity index (χ3n) is 7.05. The number of carbonyl (C=O) groups is 2. The molecule has 0 aromatic heterocycles. The summed E-state index contributed by atoms with van der Waals surface area (Å²) >= 11 is 0. The third kappa shape index (κ3) is 3.46. The van der Waals surface area contributed by atoms with Crippen LogP contribution in [0.4, 0.5) is 0 Å². The molecule has 2 amide bonds. The van der Waals surface area contributed by atoms with Gasteiger partial charge in [0.05, 0.1) is 24.7 Å². The molecule has 3 fully saturated rings. The van der Waals surface area contributed by atoms with Crippen molar-refractivity contribution in [2.75, 3.05) is 40.3 Å². The van der Waals surface area contributed by atoms with Crippen molar-refractivity contribution in [3.05, 3.63) is 35.9 Å². The highest BCUT2D eigenvalue weighted by molar-refractivity contribution is 5.84. The van der Waals surface area contributed by atoms with E-state index >= 15 is 0 Å². The van der Waals surface area contributed by atoms with Gasteiger partial charge in [-0.1, -0.05) is 49.6 Å². The highest BCUT2D eigenvalue weighted by Crippen LogP contribution is 2.54. The van der Waals surface area contributed by atoms with Crippen LogP contribution in [0.3, 0.4) is 0 Å². The Kier molecular flexibility index (Phi) is 5.67. The van der Waals surface area contributed by atoms with Gasteiger partial charge in [-0.25, -0.2) is 0 Å². The van der Waals surface area contributed by atoms with E-state index in [1.807, 2.05) is 47.0 Å². The van der Waals surface area contributed by atoms with Crippen molar-refractivity contribution in [2.24, 2.45) is 5.92 Å². The minimum Gasteiger partial charge on any atom is -0.394 e. The van der Waals surface area contributed by atoms with Crippen molar-refractivity contribution < 1.29 is 14.7 Å². The SMILES string of the molecule is CN(C)CC(=O)N1CC2(C1)[C@H](c1ccccc1)[C@@H](CO)N2C(=O)C1CCCCC1. The van der Waals surface area contributed by atoms with Crippen molar-refractivity contribution in [3.63, 3.8) is 0 Å². The maximum atomic E-state index is 13.5. The Balaban J connectivity index is 1.59. The molecule has 1 spiro atoms. The van der Waals surface area contributed by atoms with E-state index in [4.69, 9.17) is 0 Å². The zero-order chi connectivity index (χ0) is 20.6. The summed E-state index contributed by atoms with van der Waals surface area (Å²) in [5.41, 5.74) is 0.782. The maximum absolute atomic E-state index is 13.5. The molecule has 1 N–H and O–H groups in total. The van der Waals surface area contributed by atoms with E-state index in [9.17, 15) is 14.7 Å². The second kappa shape index (κ2) is 8.07. The van der Waals surface area contributed by atoms with Gasteiger partial charge >= 0.3 is 0 Å². The molecule has 158 valence electrons. The summed E-state index contributed by atoms with van der Waals surface area (Å²) in [6.45, 7) is 1.47. The first-order chi connectivity index (χ1) is 14.0. The van der Waals surface area contributed by atoms with Crippen LogP contribution in [0.25, 0.3) is 0 Å². The predicted molar refractivity (Wildman–Crippen MR) is 111 cm³/mol. The number of hydrogen-bond donors (Lipinski definition) is 1. The summed E-state index contributed by atoms with van der Waals surface area (Å²) in [5, 5.41) is 10.2. The van der Waals surface area contributed by atoms with Gasteiger partial charge in [0, 0.05) is 24.9 Å².